The van der Waals surface area contributed by atoms with Crippen LogP contribution in [0.3, 0.4) is 0 Å². The number of hydrogen-bond donors (Lipinski definition) is 1. The molecule has 20 heavy (non-hydrogen) atoms. The van der Waals surface area contributed by atoms with Gasteiger partial charge in [-0.15, -0.1) is 23.1 Å². The lowest BCUT2D eigenvalue weighted by atomic mass is 10.3. The molecule has 1 fully saturated rings. The molecule has 1 aromatic heterocycles. The number of nitrogens with zero attached hydrogens (tertiary/aromatic N) is 1. The lowest BCUT2D eigenvalue weighted by Crippen LogP contribution is -1.99. The molecule has 0 unspecified atom stereocenters. The zero-order valence-electron chi connectivity index (χ0n) is 11.8. The van der Waals surface area contributed by atoms with Gasteiger partial charge in [0, 0.05) is 20.7 Å². The van der Waals surface area contributed by atoms with Gasteiger partial charge in [0.2, 0.25) is 0 Å². The van der Waals surface area contributed by atoms with E-state index in [1.54, 1.807) is 11.3 Å². The number of anilines is 1. The number of rotatable bonds is 5. The Hall–Kier alpha value is -1.00. The number of benzene rings is 1. The molecule has 3 rings (SSSR count). The van der Waals surface area contributed by atoms with Crippen molar-refractivity contribution in [3.05, 3.63) is 40.3 Å². The standard InChI is InChI=1S/C16H20N2S2/c1-12-16(19-11-18-12)10-17-13-6-8-15(9-7-13)20-14-4-2-3-5-14/h6-9,11,14,17H,2-5,10H2,1H3. The van der Waals surface area contributed by atoms with Crippen LogP contribution in [0.2, 0.25) is 0 Å². The van der Waals surface area contributed by atoms with E-state index in [1.807, 2.05) is 17.3 Å². The second-order valence-corrected chi connectivity index (χ2v) is 7.58. The van der Waals surface area contributed by atoms with Crippen LogP contribution in [0.5, 0.6) is 0 Å². The fourth-order valence-corrected chi connectivity index (χ4v) is 4.49. The molecule has 0 radical (unpaired) electrons. The highest BCUT2D eigenvalue weighted by atomic mass is 32.2. The number of nitrogens with one attached hydrogen (secondary N) is 1. The third-order valence-corrected chi connectivity index (χ3v) is 6.04. The first-order chi connectivity index (χ1) is 9.81. The molecule has 1 saturated carbocycles. The summed E-state index contributed by atoms with van der Waals surface area (Å²) < 4.78 is 0. The van der Waals surface area contributed by atoms with Gasteiger partial charge in [-0.25, -0.2) is 4.98 Å². The summed E-state index contributed by atoms with van der Waals surface area (Å²) in [6.45, 7) is 2.93. The van der Waals surface area contributed by atoms with Crippen LogP contribution in [0, 0.1) is 6.92 Å². The molecule has 0 amide bonds. The van der Waals surface area contributed by atoms with Crippen molar-refractivity contribution in [2.24, 2.45) is 0 Å². The summed E-state index contributed by atoms with van der Waals surface area (Å²) in [7, 11) is 0. The molecule has 1 aromatic carbocycles. The van der Waals surface area contributed by atoms with E-state index >= 15 is 0 Å². The largest absolute Gasteiger partial charge is 0.380 e. The Morgan fingerprint density at radius 1 is 1.25 bits per heavy atom. The molecule has 1 aliphatic carbocycles. The van der Waals surface area contributed by atoms with Gasteiger partial charge in [-0.2, -0.15) is 0 Å². The molecule has 106 valence electrons. The first-order valence-electron chi connectivity index (χ1n) is 7.21. The molecular weight excluding hydrogens is 284 g/mol. The van der Waals surface area contributed by atoms with Crippen LogP contribution in [0.15, 0.2) is 34.7 Å². The number of thioether (sulfide) groups is 1. The van der Waals surface area contributed by atoms with Crippen LogP contribution < -0.4 is 5.32 Å². The predicted octanol–water partition coefficient (Wildman–Crippen LogP) is 5.10. The summed E-state index contributed by atoms with van der Waals surface area (Å²) >= 11 is 3.76. The van der Waals surface area contributed by atoms with E-state index in [9.17, 15) is 0 Å². The predicted molar refractivity (Wildman–Crippen MR) is 88.7 cm³/mol. The van der Waals surface area contributed by atoms with Gasteiger partial charge in [-0.05, 0) is 44.0 Å². The number of aryl methyl sites for hydroxylation is 1. The molecule has 0 atom stereocenters. The topological polar surface area (TPSA) is 24.9 Å². The molecule has 0 saturated heterocycles. The minimum atomic E-state index is 0.841. The molecule has 1 heterocycles. The maximum Gasteiger partial charge on any atom is 0.0798 e. The highest BCUT2D eigenvalue weighted by Gasteiger charge is 2.15. The van der Waals surface area contributed by atoms with Gasteiger partial charge >= 0.3 is 0 Å². The molecule has 2 nitrogen and oxygen atoms in total. The monoisotopic (exact) mass is 304 g/mol. The normalized spacial score (nSPS) is 15.7. The Bertz CT molecular complexity index is 542. The van der Waals surface area contributed by atoms with Crippen molar-refractivity contribution in [2.45, 2.75) is 49.3 Å². The molecule has 0 spiro atoms. The van der Waals surface area contributed by atoms with E-state index in [0.29, 0.717) is 0 Å². The van der Waals surface area contributed by atoms with Crippen LogP contribution in [-0.2, 0) is 6.54 Å². The Morgan fingerprint density at radius 2 is 2.00 bits per heavy atom. The minimum Gasteiger partial charge on any atom is -0.380 e. The summed E-state index contributed by atoms with van der Waals surface area (Å²) in [5.41, 5.74) is 4.23. The van der Waals surface area contributed by atoms with Gasteiger partial charge in [0.1, 0.15) is 0 Å². The van der Waals surface area contributed by atoms with E-state index in [2.05, 4.69) is 41.5 Å². The van der Waals surface area contributed by atoms with Crippen LogP contribution >= 0.6 is 23.1 Å². The highest BCUT2D eigenvalue weighted by molar-refractivity contribution is 8.00. The van der Waals surface area contributed by atoms with Gasteiger partial charge < -0.3 is 5.32 Å². The quantitative estimate of drug-likeness (QED) is 0.832. The zero-order chi connectivity index (χ0) is 13.8. The van der Waals surface area contributed by atoms with Gasteiger partial charge in [0.15, 0.2) is 0 Å². The van der Waals surface area contributed by atoms with Crippen LogP contribution in [-0.4, -0.2) is 10.2 Å². The van der Waals surface area contributed by atoms with Crippen molar-refractivity contribution in [3.8, 4) is 0 Å². The maximum absolute atomic E-state index is 4.28. The van der Waals surface area contributed by atoms with Crippen LogP contribution in [0.25, 0.3) is 0 Å². The minimum absolute atomic E-state index is 0.841. The smallest absolute Gasteiger partial charge is 0.0798 e. The lowest BCUT2D eigenvalue weighted by molar-refractivity contribution is 0.886. The molecule has 0 aliphatic heterocycles. The van der Waals surface area contributed by atoms with Gasteiger partial charge in [0.25, 0.3) is 0 Å². The highest BCUT2D eigenvalue weighted by Crippen LogP contribution is 2.35. The summed E-state index contributed by atoms with van der Waals surface area (Å²) in [5.74, 6) is 0. The summed E-state index contributed by atoms with van der Waals surface area (Å²) in [6.07, 6.45) is 5.58. The zero-order valence-corrected chi connectivity index (χ0v) is 13.4. The van der Waals surface area contributed by atoms with Crippen molar-refractivity contribution < 1.29 is 0 Å². The van der Waals surface area contributed by atoms with E-state index in [1.165, 1.54) is 41.1 Å². The molecule has 1 aliphatic rings. The average Bonchev–Trinajstić information content (AvgIpc) is 3.10. The first-order valence-corrected chi connectivity index (χ1v) is 8.97. The second-order valence-electron chi connectivity index (χ2n) is 5.26. The molecule has 2 aromatic rings. The number of aromatic nitrogens is 1. The summed E-state index contributed by atoms with van der Waals surface area (Å²) in [6, 6.07) is 8.86. The van der Waals surface area contributed by atoms with Gasteiger partial charge in [-0.3, -0.25) is 0 Å². The Morgan fingerprint density at radius 3 is 2.65 bits per heavy atom. The van der Waals surface area contributed by atoms with Crippen molar-refractivity contribution in [1.29, 1.82) is 0 Å². The summed E-state index contributed by atoms with van der Waals surface area (Å²) in [4.78, 5) is 6.99. The van der Waals surface area contributed by atoms with E-state index in [-0.39, 0.29) is 0 Å². The van der Waals surface area contributed by atoms with E-state index in [4.69, 9.17) is 0 Å². The van der Waals surface area contributed by atoms with Crippen LogP contribution in [0.4, 0.5) is 5.69 Å². The molecule has 4 heteroatoms. The SMILES string of the molecule is Cc1ncsc1CNc1ccc(SC2CCCC2)cc1. The average molecular weight is 304 g/mol. The Kier molecular flexibility index (Phi) is 4.63. The van der Waals surface area contributed by atoms with Crippen molar-refractivity contribution >= 4 is 28.8 Å². The number of hydrogen-bond acceptors (Lipinski definition) is 4. The Balaban J connectivity index is 1.54. The molecular formula is C16H20N2S2. The van der Waals surface area contributed by atoms with Crippen LogP contribution in [0.1, 0.15) is 36.3 Å². The third-order valence-electron chi connectivity index (χ3n) is 3.76. The van der Waals surface area contributed by atoms with Gasteiger partial charge in [0.05, 0.1) is 17.7 Å². The molecule has 1 N–H and O–H groups in total. The fraction of sp³-hybridized carbons (Fsp3) is 0.438. The van der Waals surface area contributed by atoms with Crippen molar-refractivity contribution in [1.82, 2.24) is 4.98 Å². The fourth-order valence-electron chi connectivity index (χ4n) is 2.53. The van der Waals surface area contributed by atoms with Crippen molar-refractivity contribution in [2.75, 3.05) is 5.32 Å². The first kappa shape index (κ1) is 14.0. The van der Waals surface area contributed by atoms with Gasteiger partial charge in [-0.1, -0.05) is 12.8 Å². The van der Waals surface area contributed by atoms with E-state index < -0.39 is 0 Å². The lowest BCUT2D eigenvalue weighted by Gasteiger charge is -2.10. The second kappa shape index (κ2) is 6.64. The maximum atomic E-state index is 4.28. The Labute approximate surface area is 129 Å². The molecule has 0 bridgehead atoms. The number of thiazole rings is 1. The van der Waals surface area contributed by atoms with E-state index in [0.717, 1.165) is 17.5 Å². The van der Waals surface area contributed by atoms with Crippen molar-refractivity contribution in [3.63, 3.8) is 0 Å². The third kappa shape index (κ3) is 3.55. The summed E-state index contributed by atoms with van der Waals surface area (Å²) in [5, 5.41) is 4.31.